The number of anilines is 1. The summed E-state index contributed by atoms with van der Waals surface area (Å²) in [6, 6.07) is 15.8. The standard InChI is InChI=1S/C26H22FNO6S/c27-21-9-3-1-6-18(21)15-28-22-14-17(26(30)34-16-19-7-5-13-33-19)11-12-24(22)35(31,32)23-10-4-2-8-20(23)25(28)29/h1-4,6,8-12,14,19H,5,7,13,15-16H2/t19-/m0/s1. The van der Waals surface area contributed by atoms with Crippen molar-refractivity contribution < 1.29 is 31.9 Å². The summed E-state index contributed by atoms with van der Waals surface area (Å²) in [5.41, 5.74) is 0.243. The molecule has 0 radical (unpaired) electrons. The van der Waals surface area contributed by atoms with Crippen LogP contribution in [0.4, 0.5) is 10.1 Å². The second-order valence-electron chi connectivity index (χ2n) is 8.40. The van der Waals surface area contributed by atoms with Crippen molar-refractivity contribution in [3.63, 3.8) is 0 Å². The summed E-state index contributed by atoms with van der Waals surface area (Å²) >= 11 is 0. The van der Waals surface area contributed by atoms with Crippen LogP contribution in [0.25, 0.3) is 0 Å². The van der Waals surface area contributed by atoms with E-state index in [1.165, 1.54) is 59.5 Å². The molecule has 1 atom stereocenters. The Morgan fingerprint density at radius 3 is 2.60 bits per heavy atom. The van der Waals surface area contributed by atoms with Gasteiger partial charge in [-0.1, -0.05) is 30.3 Å². The van der Waals surface area contributed by atoms with E-state index in [-0.39, 0.29) is 51.4 Å². The molecule has 0 saturated carbocycles. The summed E-state index contributed by atoms with van der Waals surface area (Å²) < 4.78 is 52.4. The van der Waals surface area contributed by atoms with Crippen molar-refractivity contribution in [2.24, 2.45) is 0 Å². The fraction of sp³-hybridized carbons (Fsp3) is 0.231. The highest BCUT2D eigenvalue weighted by Crippen LogP contribution is 2.38. The maximum absolute atomic E-state index is 14.5. The van der Waals surface area contributed by atoms with Gasteiger partial charge in [-0.3, -0.25) is 4.79 Å². The number of rotatable bonds is 5. The molecule has 1 fully saturated rings. The van der Waals surface area contributed by atoms with Crippen molar-refractivity contribution in [1.29, 1.82) is 0 Å². The number of hydrogen-bond donors (Lipinski definition) is 0. The molecule has 0 spiro atoms. The molecule has 0 aliphatic carbocycles. The topological polar surface area (TPSA) is 90.0 Å². The van der Waals surface area contributed by atoms with E-state index < -0.39 is 27.5 Å². The Kier molecular flexibility index (Phi) is 6.12. The van der Waals surface area contributed by atoms with Crippen molar-refractivity contribution in [2.45, 2.75) is 35.3 Å². The molecule has 180 valence electrons. The summed E-state index contributed by atoms with van der Waals surface area (Å²) in [5.74, 6) is -1.81. The first-order valence-corrected chi connectivity index (χ1v) is 12.7. The highest BCUT2D eigenvalue weighted by molar-refractivity contribution is 7.91. The lowest BCUT2D eigenvalue weighted by atomic mass is 10.1. The van der Waals surface area contributed by atoms with Crippen LogP contribution in [0.5, 0.6) is 0 Å². The number of fused-ring (bicyclic) bond motifs is 2. The summed E-state index contributed by atoms with van der Waals surface area (Å²) in [6.45, 7) is 0.473. The van der Waals surface area contributed by atoms with Crippen molar-refractivity contribution in [3.05, 3.63) is 89.2 Å². The smallest absolute Gasteiger partial charge is 0.338 e. The third kappa shape index (κ3) is 4.33. The second kappa shape index (κ2) is 9.24. The maximum Gasteiger partial charge on any atom is 0.338 e. The zero-order valence-corrected chi connectivity index (χ0v) is 19.5. The number of ether oxygens (including phenoxy) is 2. The minimum Gasteiger partial charge on any atom is -0.459 e. The minimum absolute atomic E-state index is 0.0129. The van der Waals surface area contributed by atoms with E-state index in [4.69, 9.17) is 9.47 Å². The summed E-state index contributed by atoms with van der Waals surface area (Å²) in [4.78, 5) is 27.2. The Morgan fingerprint density at radius 1 is 1.06 bits per heavy atom. The number of esters is 1. The number of sulfone groups is 1. The van der Waals surface area contributed by atoms with Gasteiger partial charge in [0.1, 0.15) is 12.4 Å². The number of hydrogen-bond acceptors (Lipinski definition) is 6. The van der Waals surface area contributed by atoms with E-state index >= 15 is 0 Å². The first-order valence-electron chi connectivity index (χ1n) is 11.2. The van der Waals surface area contributed by atoms with Crippen LogP contribution >= 0.6 is 0 Å². The molecule has 0 N–H and O–H groups in total. The molecule has 2 aliphatic heterocycles. The molecular weight excluding hydrogens is 473 g/mol. The number of halogens is 1. The fourth-order valence-corrected chi connectivity index (χ4v) is 5.95. The summed E-state index contributed by atoms with van der Waals surface area (Å²) in [7, 11) is -4.10. The molecule has 7 nitrogen and oxygen atoms in total. The molecule has 9 heteroatoms. The molecule has 0 aromatic heterocycles. The SMILES string of the molecule is O=C(OC[C@@H]1CCCO1)c1ccc2c(c1)N(Cc1ccccc1F)C(=O)c1ccccc1S2(=O)=O. The Labute approximate surface area is 202 Å². The van der Waals surface area contributed by atoms with E-state index in [9.17, 15) is 22.4 Å². The molecule has 2 aliphatic rings. The quantitative estimate of drug-likeness (QED) is 0.494. The highest BCUT2D eigenvalue weighted by Gasteiger charge is 2.36. The van der Waals surface area contributed by atoms with Crippen LogP contribution in [0.1, 0.15) is 39.1 Å². The molecule has 1 saturated heterocycles. The van der Waals surface area contributed by atoms with Crippen LogP contribution in [0, 0.1) is 5.82 Å². The van der Waals surface area contributed by atoms with Gasteiger partial charge in [-0.05, 0) is 49.2 Å². The average Bonchev–Trinajstić information content (AvgIpc) is 3.38. The highest BCUT2D eigenvalue weighted by atomic mass is 32.2. The van der Waals surface area contributed by atoms with Crippen LogP contribution in [-0.2, 0) is 25.9 Å². The van der Waals surface area contributed by atoms with Crippen molar-refractivity contribution in [3.8, 4) is 0 Å². The Bertz CT molecular complexity index is 1410. The normalized spacial score (nSPS) is 18.5. The van der Waals surface area contributed by atoms with Crippen LogP contribution in [-0.4, -0.2) is 39.6 Å². The Balaban J connectivity index is 1.60. The largest absolute Gasteiger partial charge is 0.459 e. The van der Waals surface area contributed by atoms with Crippen LogP contribution in [0.2, 0.25) is 0 Å². The predicted molar refractivity (Wildman–Crippen MR) is 125 cm³/mol. The molecule has 1 amide bonds. The number of amides is 1. The van der Waals surface area contributed by atoms with E-state index in [0.717, 1.165) is 12.8 Å². The lowest BCUT2D eigenvalue weighted by molar-refractivity contribution is 0.0161. The van der Waals surface area contributed by atoms with E-state index in [1.54, 1.807) is 12.1 Å². The lowest BCUT2D eigenvalue weighted by Crippen LogP contribution is -2.31. The molecule has 35 heavy (non-hydrogen) atoms. The predicted octanol–water partition coefficient (Wildman–Crippen LogP) is 4.15. The molecule has 0 bridgehead atoms. The zero-order valence-electron chi connectivity index (χ0n) is 18.6. The van der Waals surface area contributed by atoms with Gasteiger partial charge in [0.2, 0.25) is 9.84 Å². The van der Waals surface area contributed by atoms with Gasteiger partial charge in [0.15, 0.2) is 0 Å². The van der Waals surface area contributed by atoms with E-state index in [1.807, 2.05) is 0 Å². The van der Waals surface area contributed by atoms with Gasteiger partial charge in [-0.2, -0.15) is 0 Å². The molecule has 5 rings (SSSR count). The monoisotopic (exact) mass is 495 g/mol. The van der Waals surface area contributed by atoms with Crippen LogP contribution in [0.3, 0.4) is 0 Å². The minimum atomic E-state index is -4.10. The first kappa shape index (κ1) is 23.2. The van der Waals surface area contributed by atoms with Gasteiger partial charge in [0.25, 0.3) is 5.91 Å². The molecule has 3 aromatic rings. The van der Waals surface area contributed by atoms with E-state index in [2.05, 4.69) is 0 Å². The van der Waals surface area contributed by atoms with E-state index in [0.29, 0.717) is 6.61 Å². The lowest BCUT2D eigenvalue weighted by Gasteiger charge is -2.23. The van der Waals surface area contributed by atoms with Crippen LogP contribution < -0.4 is 4.90 Å². The van der Waals surface area contributed by atoms with Gasteiger partial charge < -0.3 is 14.4 Å². The Hall–Kier alpha value is -3.56. The van der Waals surface area contributed by atoms with Gasteiger partial charge in [-0.25, -0.2) is 17.6 Å². The summed E-state index contributed by atoms with van der Waals surface area (Å²) in [6.07, 6.45) is 1.51. The van der Waals surface area contributed by atoms with Gasteiger partial charge in [0.05, 0.1) is 39.3 Å². The average molecular weight is 496 g/mol. The van der Waals surface area contributed by atoms with Gasteiger partial charge >= 0.3 is 5.97 Å². The van der Waals surface area contributed by atoms with Crippen molar-refractivity contribution >= 4 is 27.4 Å². The second-order valence-corrected chi connectivity index (χ2v) is 10.3. The third-order valence-corrected chi connectivity index (χ3v) is 8.00. The molecule has 3 aromatic carbocycles. The third-order valence-electron chi connectivity index (χ3n) is 6.14. The van der Waals surface area contributed by atoms with Gasteiger partial charge in [0, 0.05) is 12.2 Å². The molecule has 2 heterocycles. The van der Waals surface area contributed by atoms with Gasteiger partial charge in [-0.15, -0.1) is 0 Å². The Morgan fingerprint density at radius 2 is 1.83 bits per heavy atom. The number of carbonyl (C=O) groups is 2. The number of nitrogens with zero attached hydrogens (tertiary/aromatic N) is 1. The fourth-order valence-electron chi connectivity index (χ4n) is 4.32. The van der Waals surface area contributed by atoms with Crippen molar-refractivity contribution in [1.82, 2.24) is 0 Å². The zero-order chi connectivity index (χ0) is 24.6. The summed E-state index contributed by atoms with van der Waals surface area (Å²) in [5, 5.41) is 0. The first-order chi connectivity index (χ1) is 16.9. The van der Waals surface area contributed by atoms with Crippen LogP contribution in [0.15, 0.2) is 76.5 Å². The number of benzene rings is 3. The molecular formula is C26H22FNO6S. The van der Waals surface area contributed by atoms with Crippen molar-refractivity contribution in [2.75, 3.05) is 18.1 Å². The maximum atomic E-state index is 14.5. The number of carbonyl (C=O) groups excluding carboxylic acids is 2. The molecule has 0 unspecified atom stereocenters.